The summed E-state index contributed by atoms with van der Waals surface area (Å²) in [6, 6.07) is 0. The zero-order chi connectivity index (χ0) is 2.71. The largest absolute Gasteiger partial charge is 0.147 e. The molecule has 0 amide bonds. The van der Waals surface area contributed by atoms with Gasteiger partial charge in [-0.05, 0) is 5.54 Å². The van der Waals surface area contributed by atoms with Crippen molar-refractivity contribution in [3.63, 3.8) is 0 Å². The van der Waals surface area contributed by atoms with Crippen LogP contribution in [-0.2, 0) is 0 Å². The molecule has 0 aromatic rings. The first-order valence-corrected chi connectivity index (χ1v) is 1.06. The molecular formula is C2H4Cl2. The van der Waals surface area contributed by atoms with Crippen molar-refractivity contribution >= 4 is 24.0 Å². The molecule has 0 aliphatic heterocycles. The third-order valence-corrected chi connectivity index (χ3v) is 0. The second kappa shape index (κ2) is 10.3. The number of halogens is 2. The summed E-state index contributed by atoms with van der Waals surface area (Å²) >= 11 is 4.76. The Labute approximate surface area is 36.9 Å². The smallest absolute Gasteiger partial charge is 0.00296 e. The van der Waals surface area contributed by atoms with Gasteiger partial charge in [0.2, 0.25) is 0 Å². The molecule has 0 saturated carbocycles. The summed E-state index contributed by atoms with van der Waals surface area (Å²) in [7, 11) is 0. The third-order valence-electron chi connectivity index (χ3n) is 0. The Morgan fingerprint density at radius 1 is 1.75 bits per heavy atom. The molecule has 0 spiro atoms. The predicted octanol–water partition coefficient (Wildman–Crippen LogP) is 1.79. The fraction of sp³-hybridized carbons (Fsp3) is 0. The highest BCUT2D eigenvalue weighted by Crippen LogP contribution is 1.60. The van der Waals surface area contributed by atoms with Gasteiger partial charge in [0.05, 0.1) is 0 Å². The zero-order valence-corrected chi connectivity index (χ0v) is 3.64. The Morgan fingerprint density at radius 3 is 1.75 bits per heavy atom. The zero-order valence-electron chi connectivity index (χ0n) is 2.07. The van der Waals surface area contributed by atoms with Crippen molar-refractivity contribution in [3.8, 4) is 0 Å². The van der Waals surface area contributed by atoms with E-state index in [1.165, 1.54) is 5.54 Å². The van der Waals surface area contributed by atoms with Crippen LogP contribution in [0.3, 0.4) is 0 Å². The van der Waals surface area contributed by atoms with Crippen molar-refractivity contribution in [1.82, 2.24) is 0 Å². The fourth-order valence-electron chi connectivity index (χ4n) is 0. The molecule has 0 atom stereocenters. The molecule has 0 fully saturated rings. The lowest BCUT2D eigenvalue weighted by Gasteiger charge is -1.27. The van der Waals surface area contributed by atoms with E-state index in [-0.39, 0.29) is 12.4 Å². The molecule has 0 N–H and O–H groups in total. The normalized spacial score (nSPS) is 3.25. The van der Waals surface area contributed by atoms with Crippen LogP contribution < -0.4 is 0 Å². The van der Waals surface area contributed by atoms with E-state index in [0.717, 1.165) is 0 Å². The molecule has 0 saturated heterocycles. The van der Waals surface area contributed by atoms with Gasteiger partial charge in [0, 0.05) is 0 Å². The first-order chi connectivity index (χ1) is 1.41. The molecule has 4 heavy (non-hydrogen) atoms. The first kappa shape index (κ1) is 8.85. The lowest BCUT2D eigenvalue weighted by molar-refractivity contribution is 2.63. The van der Waals surface area contributed by atoms with Gasteiger partial charge in [-0.2, -0.15) is 0 Å². The second-order valence-corrected chi connectivity index (χ2v) is 0.463. The molecule has 0 nitrogen and oxygen atoms in total. The van der Waals surface area contributed by atoms with Gasteiger partial charge in [-0.1, -0.05) is 18.2 Å². The quantitative estimate of drug-likeness (QED) is 0.434. The number of hydrogen-bond acceptors (Lipinski definition) is 0. The molecule has 0 aliphatic rings. The Balaban J connectivity index is 0. The maximum atomic E-state index is 4.76. The van der Waals surface area contributed by atoms with Gasteiger partial charge < -0.3 is 0 Å². The first-order valence-electron chi connectivity index (χ1n) is 0.626. The van der Waals surface area contributed by atoms with Crippen LogP contribution in [0.5, 0.6) is 0 Å². The van der Waals surface area contributed by atoms with E-state index in [1.807, 2.05) is 0 Å². The van der Waals surface area contributed by atoms with Crippen molar-refractivity contribution in [2.45, 2.75) is 0 Å². The third kappa shape index (κ3) is 39.5. The molecule has 0 aliphatic carbocycles. The summed E-state index contributed by atoms with van der Waals surface area (Å²) in [6.07, 6.45) is 0. The van der Waals surface area contributed by atoms with Crippen LogP contribution in [0.2, 0.25) is 0 Å². The minimum Gasteiger partial charge on any atom is -0.147 e. The van der Waals surface area contributed by atoms with E-state index in [4.69, 9.17) is 11.6 Å². The average molecular weight is 99.0 g/mol. The van der Waals surface area contributed by atoms with E-state index in [2.05, 4.69) is 6.58 Å². The molecule has 26 valence electrons. The highest BCUT2D eigenvalue weighted by atomic mass is 35.5. The van der Waals surface area contributed by atoms with Crippen LogP contribution in [0.4, 0.5) is 0 Å². The molecule has 0 aromatic heterocycles. The topological polar surface area (TPSA) is 0 Å². The summed E-state index contributed by atoms with van der Waals surface area (Å²) in [4.78, 5) is 0. The van der Waals surface area contributed by atoms with Gasteiger partial charge in [-0.25, -0.2) is 0 Å². The molecule has 0 aromatic carbocycles. The molecular weight excluding hydrogens is 94.9 g/mol. The van der Waals surface area contributed by atoms with E-state index in [1.54, 1.807) is 0 Å². The van der Waals surface area contributed by atoms with Crippen molar-refractivity contribution < 1.29 is 0 Å². The number of hydrogen-bond donors (Lipinski definition) is 0. The van der Waals surface area contributed by atoms with Gasteiger partial charge >= 0.3 is 0 Å². The predicted molar refractivity (Wildman–Crippen MR) is 23.3 cm³/mol. The lowest BCUT2D eigenvalue weighted by atomic mass is 11.3. The van der Waals surface area contributed by atoms with Crippen molar-refractivity contribution in [2.75, 3.05) is 0 Å². The van der Waals surface area contributed by atoms with Crippen LogP contribution in [-0.4, -0.2) is 0 Å². The van der Waals surface area contributed by atoms with Gasteiger partial charge in [0.15, 0.2) is 0 Å². The Morgan fingerprint density at radius 2 is 1.75 bits per heavy atom. The van der Waals surface area contributed by atoms with Gasteiger partial charge in [0.1, 0.15) is 0 Å². The van der Waals surface area contributed by atoms with E-state index < -0.39 is 0 Å². The van der Waals surface area contributed by atoms with Gasteiger partial charge in [-0.15, -0.1) is 12.4 Å². The Kier molecular flexibility index (Phi) is 22.7. The van der Waals surface area contributed by atoms with Crippen molar-refractivity contribution in [1.29, 1.82) is 0 Å². The summed E-state index contributed by atoms with van der Waals surface area (Å²) in [5.41, 5.74) is 1.22. The highest BCUT2D eigenvalue weighted by Gasteiger charge is 1.18. The van der Waals surface area contributed by atoms with Gasteiger partial charge in [-0.3, -0.25) is 0 Å². The minimum absolute atomic E-state index is 0. The Hall–Kier alpha value is 0.320. The van der Waals surface area contributed by atoms with Gasteiger partial charge in [0.25, 0.3) is 0 Å². The summed E-state index contributed by atoms with van der Waals surface area (Å²) in [5.74, 6) is 0. The maximum Gasteiger partial charge on any atom is -0.00296 e. The molecule has 0 rings (SSSR count). The highest BCUT2D eigenvalue weighted by molar-refractivity contribution is 6.25. The summed E-state index contributed by atoms with van der Waals surface area (Å²) in [5, 5.41) is 0. The molecule has 2 heteroatoms. The maximum absolute atomic E-state index is 4.76. The minimum atomic E-state index is 0. The van der Waals surface area contributed by atoms with Crippen LogP contribution >= 0.6 is 24.0 Å². The van der Waals surface area contributed by atoms with Crippen molar-refractivity contribution in [2.24, 2.45) is 0 Å². The van der Waals surface area contributed by atoms with Crippen LogP contribution in [0.25, 0.3) is 0 Å². The summed E-state index contributed by atoms with van der Waals surface area (Å²) < 4.78 is 0. The van der Waals surface area contributed by atoms with Crippen LogP contribution in [0.15, 0.2) is 12.1 Å². The fourth-order valence-corrected chi connectivity index (χ4v) is 0. The molecule has 0 heterocycles. The van der Waals surface area contributed by atoms with E-state index >= 15 is 0 Å². The van der Waals surface area contributed by atoms with E-state index in [9.17, 15) is 0 Å². The second-order valence-electron chi connectivity index (χ2n) is 0.154. The SMILES string of the molecule is C=CCl.Cl. The monoisotopic (exact) mass is 98.0 g/mol. The lowest BCUT2D eigenvalue weighted by Crippen LogP contribution is -0.926. The molecule has 0 unspecified atom stereocenters. The number of rotatable bonds is 0. The Bertz CT molecular complexity index is 11.5. The average Bonchev–Trinajstić information content (AvgIpc) is 0.918. The van der Waals surface area contributed by atoms with E-state index in [0.29, 0.717) is 0 Å². The van der Waals surface area contributed by atoms with Crippen molar-refractivity contribution in [3.05, 3.63) is 12.1 Å². The molecule has 0 radical (unpaired) electrons. The summed E-state index contributed by atoms with van der Waals surface area (Å²) in [6.45, 7) is 3.13. The standard InChI is InChI=1S/C2H3Cl.ClH/c1-2-3;/h2H,1H2;1H. The van der Waals surface area contributed by atoms with Crippen LogP contribution in [0.1, 0.15) is 0 Å². The molecule has 0 bridgehead atoms. The van der Waals surface area contributed by atoms with Crippen LogP contribution in [0, 0.1) is 0 Å².